The van der Waals surface area contributed by atoms with Crippen molar-refractivity contribution in [2.45, 2.75) is 31.7 Å². The number of pyridine rings is 1. The first-order valence-electron chi connectivity index (χ1n) is 5.66. The topological polar surface area (TPSA) is 53.4 Å². The monoisotopic (exact) mass is 220 g/mol. The summed E-state index contributed by atoms with van der Waals surface area (Å²) < 4.78 is 0. The zero-order valence-corrected chi connectivity index (χ0v) is 9.17. The van der Waals surface area contributed by atoms with Crippen molar-refractivity contribution in [2.24, 2.45) is 0 Å². The average Bonchev–Trinajstić information content (AvgIpc) is 2.80. The normalized spacial score (nSPS) is 16.2. The van der Waals surface area contributed by atoms with Crippen LogP contribution in [0.5, 0.6) is 0 Å². The zero-order chi connectivity index (χ0) is 11.4. The smallest absolute Gasteiger partial charge is 0.323 e. The van der Waals surface area contributed by atoms with Gasteiger partial charge in [0, 0.05) is 24.1 Å². The van der Waals surface area contributed by atoms with Crippen LogP contribution in [0.3, 0.4) is 0 Å². The molecule has 4 heteroatoms. The zero-order valence-electron chi connectivity index (χ0n) is 9.17. The third kappa shape index (κ3) is 2.51. The van der Waals surface area contributed by atoms with Gasteiger partial charge in [0.1, 0.15) is 6.54 Å². The van der Waals surface area contributed by atoms with Crippen molar-refractivity contribution >= 4 is 11.7 Å². The van der Waals surface area contributed by atoms with Crippen molar-refractivity contribution in [3.8, 4) is 0 Å². The van der Waals surface area contributed by atoms with E-state index in [2.05, 4.69) is 4.98 Å². The van der Waals surface area contributed by atoms with Crippen LogP contribution >= 0.6 is 0 Å². The molecule has 1 aromatic heterocycles. The van der Waals surface area contributed by atoms with Gasteiger partial charge in [-0.1, -0.05) is 12.8 Å². The number of aromatic nitrogens is 1. The number of carboxylic acid groups (broad SMARTS) is 1. The van der Waals surface area contributed by atoms with Crippen molar-refractivity contribution in [3.05, 3.63) is 24.5 Å². The van der Waals surface area contributed by atoms with E-state index in [0.29, 0.717) is 6.04 Å². The van der Waals surface area contributed by atoms with E-state index in [1.807, 2.05) is 17.0 Å². The molecular formula is C12H16N2O2. The molecule has 0 atom stereocenters. The van der Waals surface area contributed by atoms with Crippen molar-refractivity contribution in [3.63, 3.8) is 0 Å². The average molecular weight is 220 g/mol. The van der Waals surface area contributed by atoms with Crippen LogP contribution in [0.25, 0.3) is 0 Å². The van der Waals surface area contributed by atoms with Gasteiger partial charge in [-0.25, -0.2) is 0 Å². The first kappa shape index (κ1) is 10.9. The maximum atomic E-state index is 10.9. The van der Waals surface area contributed by atoms with Crippen LogP contribution in [-0.4, -0.2) is 28.6 Å². The lowest BCUT2D eigenvalue weighted by molar-refractivity contribution is -0.135. The Hall–Kier alpha value is -1.58. The van der Waals surface area contributed by atoms with E-state index < -0.39 is 5.97 Å². The molecule has 1 aliphatic carbocycles. The lowest BCUT2D eigenvalue weighted by Gasteiger charge is -2.29. The largest absolute Gasteiger partial charge is 0.480 e. The van der Waals surface area contributed by atoms with Crippen LogP contribution in [0.15, 0.2) is 24.5 Å². The second-order valence-electron chi connectivity index (χ2n) is 4.17. The summed E-state index contributed by atoms with van der Waals surface area (Å²) in [6.45, 7) is 0.0781. The molecule has 0 bridgehead atoms. The van der Waals surface area contributed by atoms with Gasteiger partial charge in [-0.3, -0.25) is 9.78 Å². The molecule has 86 valence electrons. The molecule has 0 spiro atoms. The first-order chi connectivity index (χ1) is 7.77. The van der Waals surface area contributed by atoms with Gasteiger partial charge in [0.25, 0.3) is 0 Å². The molecule has 1 saturated carbocycles. The molecule has 2 rings (SSSR count). The maximum absolute atomic E-state index is 10.9. The Bertz CT molecular complexity index is 347. The molecule has 1 aliphatic rings. The van der Waals surface area contributed by atoms with E-state index in [4.69, 9.17) is 5.11 Å². The highest BCUT2D eigenvalue weighted by atomic mass is 16.4. The molecule has 4 nitrogen and oxygen atoms in total. The predicted molar refractivity (Wildman–Crippen MR) is 61.5 cm³/mol. The summed E-state index contributed by atoms with van der Waals surface area (Å²) in [5, 5.41) is 8.95. The molecule has 0 aromatic carbocycles. The molecule has 1 aromatic rings. The Balaban J connectivity index is 2.16. The highest BCUT2D eigenvalue weighted by Crippen LogP contribution is 2.27. The Morgan fingerprint density at radius 2 is 2.00 bits per heavy atom. The van der Waals surface area contributed by atoms with Crippen LogP contribution in [-0.2, 0) is 4.79 Å². The number of hydrogen-bond acceptors (Lipinski definition) is 3. The van der Waals surface area contributed by atoms with E-state index in [0.717, 1.165) is 18.5 Å². The number of rotatable bonds is 4. The third-order valence-corrected chi connectivity index (χ3v) is 3.07. The van der Waals surface area contributed by atoms with Crippen molar-refractivity contribution in [1.82, 2.24) is 4.98 Å². The lowest BCUT2D eigenvalue weighted by Crippen LogP contribution is -2.37. The second-order valence-corrected chi connectivity index (χ2v) is 4.17. The van der Waals surface area contributed by atoms with E-state index in [1.165, 1.54) is 12.8 Å². The van der Waals surface area contributed by atoms with Crippen molar-refractivity contribution < 1.29 is 9.90 Å². The highest BCUT2D eigenvalue weighted by Gasteiger charge is 2.24. The summed E-state index contributed by atoms with van der Waals surface area (Å²) >= 11 is 0. The molecule has 0 aliphatic heterocycles. The fraction of sp³-hybridized carbons (Fsp3) is 0.500. The summed E-state index contributed by atoms with van der Waals surface area (Å²) in [4.78, 5) is 16.8. The Labute approximate surface area is 94.9 Å². The second kappa shape index (κ2) is 4.96. The quantitative estimate of drug-likeness (QED) is 0.842. The van der Waals surface area contributed by atoms with Crippen LogP contribution in [0, 0.1) is 0 Å². The maximum Gasteiger partial charge on any atom is 0.323 e. The molecule has 16 heavy (non-hydrogen) atoms. The van der Waals surface area contributed by atoms with Gasteiger partial charge in [-0.05, 0) is 25.0 Å². The number of carboxylic acids is 1. The minimum atomic E-state index is -0.774. The molecule has 0 radical (unpaired) electrons. The number of aliphatic carboxylic acids is 1. The summed E-state index contributed by atoms with van der Waals surface area (Å²) in [7, 11) is 0. The van der Waals surface area contributed by atoms with Crippen LogP contribution in [0.4, 0.5) is 5.69 Å². The minimum absolute atomic E-state index is 0.0781. The fourth-order valence-corrected chi connectivity index (χ4v) is 2.33. The van der Waals surface area contributed by atoms with Gasteiger partial charge in [0.15, 0.2) is 0 Å². The number of nitrogens with zero attached hydrogens (tertiary/aromatic N) is 2. The van der Waals surface area contributed by atoms with E-state index in [-0.39, 0.29) is 6.54 Å². The Morgan fingerprint density at radius 1 is 1.38 bits per heavy atom. The predicted octanol–water partition coefficient (Wildman–Crippen LogP) is 1.92. The minimum Gasteiger partial charge on any atom is -0.480 e. The lowest BCUT2D eigenvalue weighted by atomic mass is 10.2. The van der Waals surface area contributed by atoms with E-state index >= 15 is 0 Å². The summed E-state index contributed by atoms with van der Waals surface area (Å²) in [6.07, 6.45) is 8.00. The standard InChI is InChI=1S/C12H16N2O2/c15-12(16)9-14(10-3-1-2-4-10)11-5-7-13-8-6-11/h5-8,10H,1-4,9H2,(H,15,16). The molecule has 1 heterocycles. The van der Waals surface area contributed by atoms with Crippen LogP contribution in [0.1, 0.15) is 25.7 Å². The Kier molecular flexibility index (Phi) is 3.39. The van der Waals surface area contributed by atoms with Gasteiger partial charge in [0.05, 0.1) is 0 Å². The third-order valence-electron chi connectivity index (χ3n) is 3.07. The van der Waals surface area contributed by atoms with Crippen molar-refractivity contribution in [1.29, 1.82) is 0 Å². The van der Waals surface area contributed by atoms with E-state index in [9.17, 15) is 4.79 Å². The molecule has 0 amide bonds. The van der Waals surface area contributed by atoms with E-state index in [1.54, 1.807) is 12.4 Å². The number of hydrogen-bond donors (Lipinski definition) is 1. The van der Waals surface area contributed by atoms with Crippen LogP contribution in [0.2, 0.25) is 0 Å². The molecule has 1 fully saturated rings. The fourth-order valence-electron chi connectivity index (χ4n) is 2.33. The molecule has 1 N–H and O–H groups in total. The first-order valence-corrected chi connectivity index (χ1v) is 5.66. The Morgan fingerprint density at radius 3 is 2.56 bits per heavy atom. The molecule has 0 unspecified atom stereocenters. The molecular weight excluding hydrogens is 204 g/mol. The van der Waals surface area contributed by atoms with Gasteiger partial charge in [-0.15, -0.1) is 0 Å². The SMILES string of the molecule is O=C(O)CN(c1ccncc1)C1CCCC1. The summed E-state index contributed by atoms with van der Waals surface area (Å²) in [5.74, 6) is -0.774. The van der Waals surface area contributed by atoms with Gasteiger partial charge >= 0.3 is 5.97 Å². The summed E-state index contributed by atoms with van der Waals surface area (Å²) in [6, 6.07) is 4.13. The van der Waals surface area contributed by atoms with Gasteiger partial charge < -0.3 is 10.0 Å². The number of carbonyl (C=O) groups is 1. The van der Waals surface area contributed by atoms with Crippen LogP contribution < -0.4 is 4.90 Å². The summed E-state index contributed by atoms with van der Waals surface area (Å²) in [5.41, 5.74) is 0.962. The molecule has 0 saturated heterocycles. The highest BCUT2D eigenvalue weighted by molar-refractivity contribution is 5.74. The number of anilines is 1. The van der Waals surface area contributed by atoms with Gasteiger partial charge in [-0.2, -0.15) is 0 Å². The van der Waals surface area contributed by atoms with Crippen molar-refractivity contribution in [2.75, 3.05) is 11.4 Å². The van der Waals surface area contributed by atoms with Gasteiger partial charge in [0.2, 0.25) is 0 Å².